The summed E-state index contributed by atoms with van der Waals surface area (Å²) in [4.78, 5) is 16.4. The maximum Gasteiger partial charge on any atom is 0.253 e. The first kappa shape index (κ1) is 16.4. The van der Waals surface area contributed by atoms with Crippen molar-refractivity contribution < 1.29 is 9.53 Å². The zero-order valence-corrected chi connectivity index (χ0v) is 12.8. The van der Waals surface area contributed by atoms with Crippen LogP contribution in [-0.4, -0.2) is 68.2 Å². The molecule has 0 radical (unpaired) electrons. The SMILES string of the molecule is COC(CN)C(=O)N1CCC(CN(C)C(C)C)CC1. The van der Waals surface area contributed by atoms with Crippen molar-refractivity contribution in [2.24, 2.45) is 11.7 Å². The summed E-state index contributed by atoms with van der Waals surface area (Å²) in [5.74, 6) is 0.732. The smallest absolute Gasteiger partial charge is 0.253 e. The third-order valence-corrected chi connectivity index (χ3v) is 4.13. The molecule has 1 amide bonds. The van der Waals surface area contributed by atoms with Gasteiger partial charge in [0.2, 0.25) is 0 Å². The van der Waals surface area contributed by atoms with Crippen molar-refractivity contribution in [2.45, 2.75) is 38.8 Å². The highest BCUT2D eigenvalue weighted by Crippen LogP contribution is 2.19. The lowest BCUT2D eigenvalue weighted by atomic mass is 9.95. The predicted octanol–water partition coefficient (Wildman–Crippen LogP) is 0.539. The Hall–Kier alpha value is -0.650. The summed E-state index contributed by atoms with van der Waals surface area (Å²) in [6.45, 7) is 7.45. The first-order chi connectivity index (χ1) is 8.99. The van der Waals surface area contributed by atoms with Crippen molar-refractivity contribution in [1.82, 2.24) is 9.80 Å². The minimum Gasteiger partial charge on any atom is -0.370 e. The van der Waals surface area contributed by atoms with Gasteiger partial charge < -0.3 is 20.3 Å². The van der Waals surface area contributed by atoms with Crippen molar-refractivity contribution in [1.29, 1.82) is 0 Å². The molecule has 1 atom stereocenters. The number of nitrogens with two attached hydrogens (primary N) is 1. The molecule has 0 aromatic carbocycles. The number of piperidine rings is 1. The first-order valence-corrected chi connectivity index (χ1v) is 7.21. The van der Waals surface area contributed by atoms with Crippen molar-refractivity contribution >= 4 is 5.91 Å². The Morgan fingerprint density at radius 3 is 2.42 bits per heavy atom. The highest BCUT2D eigenvalue weighted by atomic mass is 16.5. The molecule has 1 unspecified atom stereocenters. The minimum atomic E-state index is -0.477. The number of methoxy groups -OCH3 is 1. The molecule has 0 bridgehead atoms. The molecule has 5 heteroatoms. The molecule has 2 N–H and O–H groups in total. The van der Waals surface area contributed by atoms with Crippen LogP contribution >= 0.6 is 0 Å². The molecule has 0 aromatic heterocycles. The molecule has 5 nitrogen and oxygen atoms in total. The molecule has 0 aliphatic carbocycles. The van der Waals surface area contributed by atoms with Crippen LogP contribution in [-0.2, 0) is 9.53 Å². The van der Waals surface area contributed by atoms with E-state index in [1.54, 1.807) is 7.11 Å². The van der Waals surface area contributed by atoms with Gasteiger partial charge in [-0.25, -0.2) is 0 Å². The Morgan fingerprint density at radius 1 is 1.42 bits per heavy atom. The number of rotatable bonds is 6. The first-order valence-electron chi connectivity index (χ1n) is 7.21. The van der Waals surface area contributed by atoms with E-state index >= 15 is 0 Å². The van der Waals surface area contributed by atoms with Gasteiger partial charge in [0.1, 0.15) is 6.10 Å². The van der Waals surface area contributed by atoms with Crippen LogP contribution in [0, 0.1) is 5.92 Å². The number of ether oxygens (including phenoxy) is 1. The van der Waals surface area contributed by atoms with E-state index in [1.165, 1.54) is 0 Å². The normalized spacial score (nSPS) is 19.2. The molecular formula is C14H29N3O2. The van der Waals surface area contributed by atoms with Crippen LogP contribution in [0.3, 0.4) is 0 Å². The summed E-state index contributed by atoms with van der Waals surface area (Å²) in [5, 5.41) is 0. The minimum absolute atomic E-state index is 0.0423. The third kappa shape index (κ3) is 4.75. The van der Waals surface area contributed by atoms with Crippen LogP contribution in [0.4, 0.5) is 0 Å². The molecule has 1 aliphatic heterocycles. The van der Waals surface area contributed by atoms with Crippen molar-refractivity contribution in [3.05, 3.63) is 0 Å². The Bertz CT molecular complexity index is 272. The Morgan fingerprint density at radius 2 is 2.00 bits per heavy atom. The quantitative estimate of drug-likeness (QED) is 0.766. The van der Waals surface area contributed by atoms with Crippen LogP contribution in [0.5, 0.6) is 0 Å². The topological polar surface area (TPSA) is 58.8 Å². The fraction of sp³-hybridized carbons (Fsp3) is 0.929. The van der Waals surface area contributed by atoms with E-state index in [1.807, 2.05) is 4.90 Å². The average molecular weight is 271 g/mol. The standard InChI is InChI=1S/C14H29N3O2/c1-11(2)16(3)10-12-5-7-17(8-6-12)14(18)13(9-15)19-4/h11-13H,5-10,15H2,1-4H3. The lowest BCUT2D eigenvalue weighted by Crippen LogP contribution is -2.48. The molecule has 0 saturated carbocycles. The van der Waals surface area contributed by atoms with Gasteiger partial charge in [-0.2, -0.15) is 0 Å². The van der Waals surface area contributed by atoms with E-state index in [4.69, 9.17) is 10.5 Å². The molecule has 19 heavy (non-hydrogen) atoms. The number of nitrogens with zero attached hydrogens (tertiary/aromatic N) is 2. The fourth-order valence-electron chi connectivity index (χ4n) is 2.46. The number of likely N-dealkylation sites (tertiary alicyclic amines) is 1. The van der Waals surface area contributed by atoms with Crippen molar-refractivity contribution in [3.63, 3.8) is 0 Å². The monoisotopic (exact) mass is 271 g/mol. The van der Waals surface area contributed by atoms with Gasteiger partial charge in [-0.3, -0.25) is 4.79 Å². The van der Waals surface area contributed by atoms with Gasteiger partial charge >= 0.3 is 0 Å². The highest BCUT2D eigenvalue weighted by molar-refractivity contribution is 5.81. The van der Waals surface area contributed by atoms with E-state index in [0.29, 0.717) is 12.0 Å². The molecule has 1 fully saturated rings. The van der Waals surface area contributed by atoms with E-state index in [2.05, 4.69) is 25.8 Å². The second kappa shape index (κ2) is 7.82. The second-order valence-electron chi connectivity index (χ2n) is 5.76. The van der Waals surface area contributed by atoms with Crippen molar-refractivity contribution in [2.75, 3.05) is 40.3 Å². The Kier molecular flexibility index (Phi) is 6.75. The van der Waals surface area contributed by atoms with E-state index in [9.17, 15) is 4.79 Å². The molecule has 1 heterocycles. The van der Waals surface area contributed by atoms with Crippen LogP contribution in [0.1, 0.15) is 26.7 Å². The van der Waals surface area contributed by atoms with Crippen LogP contribution in [0.2, 0.25) is 0 Å². The van der Waals surface area contributed by atoms with Gasteiger partial charge in [0, 0.05) is 39.3 Å². The maximum absolute atomic E-state index is 12.1. The van der Waals surface area contributed by atoms with Gasteiger partial charge in [0.05, 0.1) is 0 Å². The number of amides is 1. The van der Waals surface area contributed by atoms with Gasteiger partial charge in [-0.05, 0) is 39.7 Å². The van der Waals surface area contributed by atoms with Gasteiger partial charge in [0.25, 0.3) is 5.91 Å². The molecule has 0 spiro atoms. The van der Waals surface area contributed by atoms with Gasteiger partial charge in [-0.1, -0.05) is 0 Å². The predicted molar refractivity (Wildman–Crippen MR) is 76.9 cm³/mol. The zero-order valence-electron chi connectivity index (χ0n) is 12.8. The fourth-order valence-corrected chi connectivity index (χ4v) is 2.46. The summed E-state index contributed by atoms with van der Waals surface area (Å²) >= 11 is 0. The van der Waals surface area contributed by atoms with Gasteiger partial charge in [0.15, 0.2) is 0 Å². The summed E-state index contributed by atoms with van der Waals surface area (Å²) in [7, 11) is 3.71. The highest BCUT2D eigenvalue weighted by Gasteiger charge is 2.28. The second-order valence-corrected chi connectivity index (χ2v) is 5.76. The number of hydrogen-bond donors (Lipinski definition) is 1. The largest absolute Gasteiger partial charge is 0.370 e. The Balaban J connectivity index is 2.38. The molecular weight excluding hydrogens is 242 g/mol. The van der Waals surface area contributed by atoms with Crippen LogP contribution in [0.25, 0.3) is 0 Å². The van der Waals surface area contributed by atoms with Gasteiger partial charge in [-0.15, -0.1) is 0 Å². The molecule has 1 rings (SSSR count). The van der Waals surface area contributed by atoms with E-state index in [0.717, 1.165) is 32.5 Å². The number of carbonyl (C=O) groups excluding carboxylic acids is 1. The molecule has 0 aromatic rings. The lowest BCUT2D eigenvalue weighted by Gasteiger charge is -2.36. The molecule has 1 aliphatic rings. The van der Waals surface area contributed by atoms with Crippen LogP contribution < -0.4 is 5.73 Å². The number of hydrogen-bond acceptors (Lipinski definition) is 4. The summed E-state index contributed by atoms with van der Waals surface area (Å²) in [6.07, 6.45) is 1.67. The van der Waals surface area contributed by atoms with Crippen LogP contribution in [0.15, 0.2) is 0 Å². The van der Waals surface area contributed by atoms with Crippen molar-refractivity contribution in [3.8, 4) is 0 Å². The van der Waals surface area contributed by atoms with E-state index < -0.39 is 6.10 Å². The zero-order chi connectivity index (χ0) is 14.4. The maximum atomic E-state index is 12.1. The summed E-state index contributed by atoms with van der Waals surface area (Å²) in [5.41, 5.74) is 5.54. The summed E-state index contributed by atoms with van der Waals surface area (Å²) < 4.78 is 5.11. The van der Waals surface area contributed by atoms with E-state index in [-0.39, 0.29) is 12.5 Å². The lowest BCUT2D eigenvalue weighted by molar-refractivity contribution is -0.142. The third-order valence-electron chi connectivity index (χ3n) is 4.13. The number of carbonyl (C=O) groups is 1. The molecule has 1 saturated heterocycles. The Labute approximate surface area is 117 Å². The summed E-state index contributed by atoms with van der Waals surface area (Å²) in [6, 6.07) is 0.578. The molecule has 112 valence electrons. The average Bonchev–Trinajstić information content (AvgIpc) is 2.40.